The third-order valence-corrected chi connectivity index (χ3v) is 5.88. The van der Waals surface area contributed by atoms with Gasteiger partial charge in [0.25, 0.3) is 5.91 Å². The molecule has 1 heterocycles. The summed E-state index contributed by atoms with van der Waals surface area (Å²) >= 11 is 0. The number of likely N-dealkylation sites (tertiary alicyclic amines) is 1. The van der Waals surface area contributed by atoms with Gasteiger partial charge in [0.05, 0.1) is 11.8 Å². The van der Waals surface area contributed by atoms with Crippen molar-refractivity contribution in [2.45, 2.75) is 58.2 Å². The van der Waals surface area contributed by atoms with Crippen molar-refractivity contribution in [1.29, 1.82) is 0 Å². The predicted molar refractivity (Wildman–Crippen MR) is 105 cm³/mol. The van der Waals surface area contributed by atoms with Crippen LogP contribution < -0.4 is 0 Å². The Morgan fingerprint density at radius 1 is 1.07 bits per heavy atom. The van der Waals surface area contributed by atoms with Gasteiger partial charge in [0.1, 0.15) is 6.04 Å². The monoisotopic (exact) mass is 400 g/mol. The number of fused-ring (bicyclic) bond motifs is 1. The van der Waals surface area contributed by atoms with Gasteiger partial charge in [-0.05, 0) is 32.3 Å². The third kappa shape index (κ3) is 4.33. The van der Waals surface area contributed by atoms with E-state index in [4.69, 9.17) is 4.74 Å². The summed E-state index contributed by atoms with van der Waals surface area (Å²) in [6.45, 7) is 3.38. The van der Waals surface area contributed by atoms with Crippen molar-refractivity contribution in [2.24, 2.45) is 11.8 Å². The summed E-state index contributed by atoms with van der Waals surface area (Å²) < 4.78 is 5.32. The van der Waals surface area contributed by atoms with E-state index in [2.05, 4.69) is 0 Å². The molecule has 4 atom stereocenters. The second kappa shape index (κ2) is 8.76. The van der Waals surface area contributed by atoms with Gasteiger partial charge >= 0.3 is 5.97 Å². The highest BCUT2D eigenvalue weighted by atomic mass is 16.5. The first-order chi connectivity index (χ1) is 13.8. The van der Waals surface area contributed by atoms with Gasteiger partial charge in [-0.3, -0.25) is 19.3 Å². The largest absolute Gasteiger partial charge is 0.451 e. The number of likely N-dealkylation sites (N-methyl/N-ethyl adjacent to an activating group) is 1. The number of amides is 3. The molecule has 29 heavy (non-hydrogen) atoms. The molecule has 0 bridgehead atoms. The molecule has 3 rings (SSSR count). The molecule has 7 heteroatoms. The van der Waals surface area contributed by atoms with Crippen molar-refractivity contribution < 1.29 is 23.9 Å². The molecule has 2 aliphatic rings. The maximum absolute atomic E-state index is 12.6. The quantitative estimate of drug-likeness (QED) is 0.540. The summed E-state index contributed by atoms with van der Waals surface area (Å²) in [5, 5.41) is 0. The molecular weight excluding hydrogens is 372 g/mol. The molecule has 0 aromatic heterocycles. The number of esters is 1. The van der Waals surface area contributed by atoms with Gasteiger partial charge in [-0.15, -0.1) is 0 Å². The molecule has 0 spiro atoms. The van der Waals surface area contributed by atoms with Crippen LogP contribution >= 0.6 is 0 Å². The molecule has 156 valence electrons. The highest BCUT2D eigenvalue weighted by Gasteiger charge is 2.51. The lowest BCUT2D eigenvalue weighted by Crippen LogP contribution is -2.46. The maximum Gasteiger partial charge on any atom is 0.329 e. The minimum Gasteiger partial charge on any atom is -0.451 e. The second-order valence-corrected chi connectivity index (χ2v) is 7.98. The normalized spacial score (nSPS) is 23.3. The van der Waals surface area contributed by atoms with Gasteiger partial charge in [-0.25, -0.2) is 4.79 Å². The molecule has 1 saturated carbocycles. The number of hydrogen-bond acceptors (Lipinski definition) is 5. The fourth-order valence-corrected chi connectivity index (χ4v) is 4.24. The van der Waals surface area contributed by atoms with Gasteiger partial charge in [0, 0.05) is 13.6 Å². The number of rotatable bonds is 6. The summed E-state index contributed by atoms with van der Waals surface area (Å²) in [6, 6.07) is 8.46. The Bertz CT molecular complexity index is 770. The van der Waals surface area contributed by atoms with Crippen molar-refractivity contribution in [3.05, 3.63) is 35.9 Å². The summed E-state index contributed by atoms with van der Waals surface area (Å²) in [6.07, 6.45) is 2.21. The number of imide groups is 1. The van der Waals surface area contributed by atoms with E-state index in [0.717, 1.165) is 23.3 Å². The Kier molecular flexibility index (Phi) is 6.35. The van der Waals surface area contributed by atoms with Crippen molar-refractivity contribution in [3.8, 4) is 0 Å². The summed E-state index contributed by atoms with van der Waals surface area (Å²) in [4.78, 5) is 53.0. The van der Waals surface area contributed by atoms with Crippen LogP contribution in [0, 0.1) is 11.8 Å². The number of ether oxygens (including phenoxy) is 1. The maximum atomic E-state index is 12.6. The van der Waals surface area contributed by atoms with Crippen LogP contribution in [0.5, 0.6) is 0 Å². The molecular formula is C22H28N2O5. The van der Waals surface area contributed by atoms with Crippen molar-refractivity contribution in [1.82, 2.24) is 9.80 Å². The van der Waals surface area contributed by atoms with Crippen LogP contribution in [-0.4, -0.2) is 52.7 Å². The Labute approximate surface area is 171 Å². The van der Waals surface area contributed by atoms with Gasteiger partial charge < -0.3 is 9.64 Å². The van der Waals surface area contributed by atoms with E-state index in [9.17, 15) is 19.2 Å². The van der Waals surface area contributed by atoms with Crippen LogP contribution in [-0.2, 0) is 30.5 Å². The van der Waals surface area contributed by atoms with Crippen LogP contribution in [0.2, 0.25) is 0 Å². The van der Waals surface area contributed by atoms with E-state index in [0.29, 0.717) is 19.4 Å². The molecule has 3 amide bonds. The molecule has 0 N–H and O–H groups in total. The molecule has 2 fully saturated rings. The lowest BCUT2D eigenvalue weighted by molar-refractivity contribution is -0.166. The average Bonchev–Trinajstić information content (AvgIpc) is 2.98. The zero-order valence-electron chi connectivity index (χ0n) is 17.2. The minimum absolute atomic E-state index is 0.288. The van der Waals surface area contributed by atoms with E-state index in [1.807, 2.05) is 30.3 Å². The predicted octanol–water partition coefficient (Wildman–Crippen LogP) is 2.14. The Balaban J connectivity index is 1.59. The summed E-state index contributed by atoms with van der Waals surface area (Å²) in [5.74, 6) is -2.29. The van der Waals surface area contributed by atoms with Crippen LogP contribution in [0.25, 0.3) is 0 Å². The van der Waals surface area contributed by atoms with Crippen LogP contribution in [0.3, 0.4) is 0 Å². The standard InChI is InChI=1S/C22H28N2O5/c1-14(24-20(26)17-11-7-8-12-18(17)21(24)27)22(28)29-15(2)19(25)23(3)13-16-9-5-4-6-10-16/h4-6,9-10,14-15,17-18H,7-8,11-13H2,1-3H3/t14-,15+,17-,18+/m0/s1. The number of hydrogen-bond donors (Lipinski definition) is 0. The Morgan fingerprint density at radius 3 is 2.17 bits per heavy atom. The SMILES string of the molecule is C[C@@H](OC(=O)[C@H](C)N1C(=O)[C@H]2CCCC[C@H]2C1=O)C(=O)N(C)Cc1ccccc1. The lowest BCUT2D eigenvalue weighted by atomic mass is 9.81. The zero-order valence-corrected chi connectivity index (χ0v) is 17.2. The first-order valence-corrected chi connectivity index (χ1v) is 10.2. The smallest absolute Gasteiger partial charge is 0.329 e. The third-order valence-electron chi connectivity index (χ3n) is 5.88. The van der Waals surface area contributed by atoms with Gasteiger partial charge in [-0.2, -0.15) is 0 Å². The van der Waals surface area contributed by atoms with E-state index < -0.39 is 18.1 Å². The summed E-state index contributed by atoms with van der Waals surface area (Å²) in [5.41, 5.74) is 0.964. The molecule has 1 saturated heterocycles. The number of nitrogens with zero attached hydrogens (tertiary/aromatic N) is 2. The fraction of sp³-hybridized carbons (Fsp3) is 0.545. The van der Waals surface area contributed by atoms with E-state index in [1.54, 1.807) is 7.05 Å². The molecule has 7 nitrogen and oxygen atoms in total. The number of benzene rings is 1. The fourth-order valence-electron chi connectivity index (χ4n) is 4.24. The molecule has 1 aliphatic heterocycles. The molecule has 1 aromatic rings. The Hall–Kier alpha value is -2.70. The minimum atomic E-state index is -1.03. The van der Waals surface area contributed by atoms with Crippen LogP contribution in [0.1, 0.15) is 45.1 Å². The molecule has 1 aliphatic carbocycles. The Morgan fingerprint density at radius 2 is 1.62 bits per heavy atom. The van der Waals surface area contributed by atoms with Gasteiger partial charge in [0.2, 0.25) is 11.8 Å². The van der Waals surface area contributed by atoms with Crippen molar-refractivity contribution in [2.75, 3.05) is 7.05 Å². The van der Waals surface area contributed by atoms with Gasteiger partial charge in [-0.1, -0.05) is 43.2 Å². The van der Waals surface area contributed by atoms with Crippen molar-refractivity contribution in [3.63, 3.8) is 0 Å². The summed E-state index contributed by atoms with van der Waals surface area (Å²) in [7, 11) is 1.64. The zero-order chi connectivity index (χ0) is 21.1. The second-order valence-electron chi connectivity index (χ2n) is 7.98. The van der Waals surface area contributed by atoms with E-state index in [1.165, 1.54) is 18.7 Å². The molecule has 1 aromatic carbocycles. The number of carbonyl (C=O) groups excluding carboxylic acids is 4. The van der Waals surface area contributed by atoms with Crippen LogP contribution in [0.15, 0.2) is 30.3 Å². The lowest BCUT2D eigenvalue weighted by Gasteiger charge is -2.25. The van der Waals surface area contributed by atoms with Crippen LogP contribution in [0.4, 0.5) is 0 Å². The first-order valence-electron chi connectivity index (χ1n) is 10.2. The van der Waals surface area contributed by atoms with E-state index in [-0.39, 0.29) is 29.6 Å². The highest BCUT2D eigenvalue weighted by molar-refractivity contribution is 6.07. The van der Waals surface area contributed by atoms with E-state index >= 15 is 0 Å². The first kappa shape index (κ1) is 21.0. The highest BCUT2D eigenvalue weighted by Crippen LogP contribution is 2.38. The van der Waals surface area contributed by atoms with Crippen molar-refractivity contribution >= 4 is 23.7 Å². The average molecular weight is 400 g/mol. The molecule has 0 unspecified atom stereocenters. The molecule has 0 radical (unpaired) electrons. The number of carbonyl (C=O) groups is 4. The van der Waals surface area contributed by atoms with Gasteiger partial charge in [0.15, 0.2) is 6.10 Å². The topological polar surface area (TPSA) is 84.0 Å².